The second-order valence-corrected chi connectivity index (χ2v) is 11.6. The molecule has 2 aliphatic heterocycles. The zero-order valence-corrected chi connectivity index (χ0v) is 22.5. The van der Waals surface area contributed by atoms with Crippen molar-refractivity contribution < 1.29 is 19.8 Å². The highest BCUT2D eigenvalue weighted by molar-refractivity contribution is 6.02. The molecule has 1 saturated heterocycles. The minimum atomic E-state index is -1.31. The molecule has 1 aliphatic carbocycles. The Morgan fingerprint density at radius 3 is 2.74 bits per heavy atom. The van der Waals surface area contributed by atoms with E-state index in [1.807, 2.05) is 31.2 Å². The van der Waals surface area contributed by atoms with Crippen LogP contribution in [0.25, 0.3) is 5.57 Å². The topological polar surface area (TPSA) is 111 Å². The van der Waals surface area contributed by atoms with Gasteiger partial charge < -0.3 is 15.0 Å². The Balaban J connectivity index is 1.60. The van der Waals surface area contributed by atoms with Crippen molar-refractivity contribution in [3.05, 3.63) is 53.1 Å². The van der Waals surface area contributed by atoms with E-state index in [4.69, 9.17) is 14.1 Å². The van der Waals surface area contributed by atoms with E-state index in [1.54, 1.807) is 13.0 Å². The standard InChI is InChI=1S/C30H37N5O3/c1-28(2)10-8-19(9-11-28)23-14-20(6-7-24(23)34-26(36)25-32-18-22(17-31)33-25)21-15-29(3)12-13-30(4,16-21)35(29)27(37)38-5/h6-7,14-15,18-19H,8-13,16H2,1-5H3,(H,32,33)(H,34,36)/i8D,12D,13D,19D. The van der Waals surface area contributed by atoms with Crippen LogP contribution in [0.1, 0.15) is 111 Å². The number of imidazole rings is 1. The van der Waals surface area contributed by atoms with E-state index in [2.05, 4.69) is 29.1 Å². The molecule has 1 aromatic heterocycles. The molecule has 38 heavy (non-hydrogen) atoms. The number of hydrogen-bond donors (Lipinski definition) is 2. The Bertz CT molecular complexity index is 1520. The minimum absolute atomic E-state index is 0.0360. The largest absolute Gasteiger partial charge is 0.453 e. The maximum absolute atomic E-state index is 13.1. The summed E-state index contributed by atoms with van der Waals surface area (Å²) in [5, 5.41) is 12.0. The molecule has 3 aliphatic rings. The molecule has 0 radical (unpaired) electrons. The number of hydrogen-bond acceptors (Lipinski definition) is 5. The predicted octanol–water partition coefficient (Wildman–Crippen LogP) is 6.38. The molecule has 2 bridgehead atoms. The summed E-state index contributed by atoms with van der Waals surface area (Å²) in [5.74, 6) is -1.92. The Kier molecular flexibility index (Phi) is 5.22. The molecule has 1 saturated carbocycles. The first-order chi connectivity index (χ1) is 19.6. The van der Waals surface area contributed by atoms with Crippen molar-refractivity contribution in [2.45, 2.75) is 89.5 Å². The number of carbonyl (C=O) groups is 2. The molecule has 0 spiro atoms. The number of aromatic nitrogens is 2. The third-order valence-electron chi connectivity index (χ3n) is 8.01. The third kappa shape index (κ3) is 4.59. The van der Waals surface area contributed by atoms with Crippen LogP contribution < -0.4 is 5.32 Å². The number of fused-ring (bicyclic) bond motifs is 2. The normalized spacial score (nSPS) is 37.1. The van der Waals surface area contributed by atoms with Crippen molar-refractivity contribution >= 4 is 23.3 Å². The van der Waals surface area contributed by atoms with Gasteiger partial charge in [0, 0.05) is 16.7 Å². The molecule has 3 heterocycles. The summed E-state index contributed by atoms with van der Waals surface area (Å²) in [6.45, 7) is 7.78. The molecule has 2 amide bonds. The minimum Gasteiger partial charge on any atom is -0.453 e. The Labute approximate surface area is 230 Å². The molecule has 8 nitrogen and oxygen atoms in total. The molecule has 6 atom stereocenters. The summed E-state index contributed by atoms with van der Waals surface area (Å²) in [6, 6.07) is 7.29. The van der Waals surface area contributed by atoms with Crippen LogP contribution in [0.5, 0.6) is 0 Å². The van der Waals surface area contributed by atoms with E-state index in [1.165, 1.54) is 18.2 Å². The first-order valence-electron chi connectivity index (χ1n) is 15.1. The van der Waals surface area contributed by atoms with Gasteiger partial charge in [0.25, 0.3) is 5.91 Å². The van der Waals surface area contributed by atoms with E-state index >= 15 is 0 Å². The van der Waals surface area contributed by atoms with Crippen LogP contribution in [0, 0.1) is 16.7 Å². The van der Waals surface area contributed by atoms with Gasteiger partial charge in [-0.2, -0.15) is 5.26 Å². The number of nitriles is 1. The molecule has 1 aromatic carbocycles. The Morgan fingerprint density at radius 1 is 1.29 bits per heavy atom. The fraction of sp³-hybridized carbons (Fsp3) is 0.533. The van der Waals surface area contributed by atoms with E-state index < -0.39 is 48.2 Å². The molecular weight excluding hydrogens is 478 g/mol. The number of amides is 2. The van der Waals surface area contributed by atoms with Crippen LogP contribution in [0.3, 0.4) is 0 Å². The Hall–Kier alpha value is -3.60. The average Bonchev–Trinajstić information content (AvgIpc) is 3.46. The number of methoxy groups -OCH3 is 1. The monoisotopic (exact) mass is 519 g/mol. The van der Waals surface area contributed by atoms with Gasteiger partial charge in [0.15, 0.2) is 5.82 Å². The highest BCUT2D eigenvalue weighted by Crippen LogP contribution is 2.52. The van der Waals surface area contributed by atoms with Crippen LogP contribution in [0.15, 0.2) is 30.5 Å². The molecule has 8 heteroatoms. The lowest BCUT2D eigenvalue weighted by Crippen LogP contribution is -2.56. The zero-order valence-electron chi connectivity index (χ0n) is 26.5. The maximum Gasteiger partial charge on any atom is 0.410 e. The first kappa shape index (κ1) is 21.3. The highest BCUT2D eigenvalue weighted by Gasteiger charge is 2.55. The lowest BCUT2D eigenvalue weighted by molar-refractivity contribution is 0.0551. The maximum atomic E-state index is 13.1. The fourth-order valence-electron chi connectivity index (χ4n) is 5.88. The average molecular weight is 520 g/mol. The number of benzene rings is 1. The van der Waals surface area contributed by atoms with Crippen LogP contribution >= 0.6 is 0 Å². The van der Waals surface area contributed by atoms with Gasteiger partial charge in [-0.3, -0.25) is 9.69 Å². The highest BCUT2D eigenvalue weighted by atomic mass is 16.5. The molecule has 2 fully saturated rings. The lowest BCUT2D eigenvalue weighted by Gasteiger charge is -2.46. The van der Waals surface area contributed by atoms with Crippen molar-refractivity contribution in [2.75, 3.05) is 12.4 Å². The number of aromatic amines is 1. The number of nitrogens with one attached hydrogen (secondary N) is 2. The SMILES string of the molecule is [2H]C1CC(C)(C)CCC1([2H])c1cc(C2=CC3(C)C([2H])C([2H])C(C)(C2)N3C(=O)OC)ccc1NC(=O)c1ncc(C#N)[nH]1. The summed E-state index contributed by atoms with van der Waals surface area (Å²) >= 11 is 0. The number of rotatable bonds is 4. The predicted molar refractivity (Wildman–Crippen MR) is 146 cm³/mol. The van der Waals surface area contributed by atoms with Gasteiger partial charge in [-0.25, -0.2) is 9.78 Å². The van der Waals surface area contributed by atoms with E-state index in [0.29, 0.717) is 30.5 Å². The lowest BCUT2D eigenvalue weighted by atomic mass is 9.70. The third-order valence-corrected chi connectivity index (χ3v) is 8.01. The second-order valence-electron chi connectivity index (χ2n) is 11.6. The molecular formula is C30H37N5O3. The van der Waals surface area contributed by atoms with Crippen molar-refractivity contribution in [3.63, 3.8) is 0 Å². The van der Waals surface area contributed by atoms with Gasteiger partial charge >= 0.3 is 6.09 Å². The van der Waals surface area contributed by atoms with Crippen molar-refractivity contribution in [1.82, 2.24) is 14.9 Å². The Morgan fingerprint density at radius 2 is 2.08 bits per heavy atom. The summed E-state index contributed by atoms with van der Waals surface area (Å²) < 4.78 is 41.3. The number of nitrogens with zero attached hydrogens (tertiary/aromatic N) is 3. The number of ether oxygens (including phenoxy) is 1. The molecule has 6 unspecified atom stereocenters. The number of carbonyl (C=O) groups excluding carboxylic acids is 2. The second kappa shape index (κ2) is 9.30. The van der Waals surface area contributed by atoms with E-state index in [9.17, 15) is 11.0 Å². The quantitative estimate of drug-likeness (QED) is 0.487. The van der Waals surface area contributed by atoms with Gasteiger partial charge in [-0.1, -0.05) is 26.0 Å². The van der Waals surface area contributed by atoms with Gasteiger partial charge in [-0.15, -0.1) is 0 Å². The van der Waals surface area contributed by atoms with Crippen LogP contribution in [-0.2, 0) is 4.74 Å². The fourth-order valence-corrected chi connectivity index (χ4v) is 5.88. The van der Waals surface area contributed by atoms with Crippen LogP contribution in [0.2, 0.25) is 0 Å². The van der Waals surface area contributed by atoms with Gasteiger partial charge in [0.2, 0.25) is 0 Å². The summed E-state index contributed by atoms with van der Waals surface area (Å²) in [6.07, 6.45) is 2.02. The van der Waals surface area contributed by atoms with E-state index in [0.717, 1.165) is 17.6 Å². The smallest absolute Gasteiger partial charge is 0.410 e. The zero-order chi connectivity index (χ0) is 30.8. The molecule has 2 N–H and O–H groups in total. The van der Waals surface area contributed by atoms with Crippen molar-refractivity contribution in [1.29, 1.82) is 5.26 Å². The summed E-state index contributed by atoms with van der Waals surface area (Å²) in [4.78, 5) is 34.1. The van der Waals surface area contributed by atoms with Gasteiger partial charge in [0.05, 0.1) is 18.8 Å². The van der Waals surface area contributed by atoms with Crippen LogP contribution in [-0.4, -0.2) is 45.1 Å². The first-order valence-corrected chi connectivity index (χ1v) is 12.9. The van der Waals surface area contributed by atoms with Crippen LogP contribution in [0.4, 0.5) is 10.5 Å². The molecule has 5 rings (SSSR count). The number of anilines is 1. The molecule has 200 valence electrons. The van der Waals surface area contributed by atoms with E-state index in [-0.39, 0.29) is 16.9 Å². The molecule has 2 aromatic rings. The number of H-pyrrole nitrogens is 1. The van der Waals surface area contributed by atoms with Gasteiger partial charge in [-0.05, 0) is 98.9 Å². The summed E-state index contributed by atoms with van der Waals surface area (Å²) in [7, 11) is 1.30. The van der Waals surface area contributed by atoms with Crippen molar-refractivity contribution in [2.24, 2.45) is 5.41 Å². The summed E-state index contributed by atoms with van der Waals surface area (Å²) in [5.41, 5.74) is 0.451. The van der Waals surface area contributed by atoms with Crippen molar-refractivity contribution in [3.8, 4) is 6.07 Å². The van der Waals surface area contributed by atoms with Gasteiger partial charge in [0.1, 0.15) is 11.8 Å².